The standard InChI is InChI=1S/C23H18N3O5PS2/c1-2-11-33-32(30,34-18-6-3-15(14-24)4-7-18)31-22-10-9-21-19(23(22)27)13-16-12-17(26(28)29)5-8-20(16)25-21/h3-10,12-13,22H,2,11H2,1H3. The Kier molecular flexibility index (Phi) is 7.19. The van der Waals surface area contributed by atoms with Crippen LogP contribution in [0.5, 0.6) is 0 Å². The summed E-state index contributed by atoms with van der Waals surface area (Å²) >= 11 is 2.21. The Hall–Kier alpha value is -2.96. The molecule has 11 heteroatoms. The van der Waals surface area contributed by atoms with E-state index in [0.29, 0.717) is 32.8 Å². The van der Waals surface area contributed by atoms with Gasteiger partial charge in [-0.2, -0.15) is 5.26 Å². The molecule has 0 aliphatic heterocycles. The third-order valence-corrected chi connectivity index (χ3v) is 11.9. The fraction of sp³-hybridized carbons (Fsp3) is 0.174. The highest BCUT2D eigenvalue weighted by molar-refractivity contribution is 8.89. The van der Waals surface area contributed by atoms with Crippen LogP contribution in [0.2, 0.25) is 0 Å². The SMILES string of the molecule is CCCSP(=O)(OC1C=Cc2nc3ccc([N+](=O)[O-])cc3cc2C1=O)Sc1ccc(C#N)cc1. The number of ketones is 1. The van der Waals surface area contributed by atoms with Crippen molar-refractivity contribution in [3.63, 3.8) is 0 Å². The quantitative estimate of drug-likeness (QED) is 0.186. The van der Waals surface area contributed by atoms with Gasteiger partial charge in [-0.25, -0.2) is 4.98 Å². The molecule has 1 aromatic heterocycles. The van der Waals surface area contributed by atoms with E-state index in [1.807, 2.05) is 13.0 Å². The summed E-state index contributed by atoms with van der Waals surface area (Å²) in [5.41, 5.74) is 1.61. The maximum Gasteiger partial charge on any atom is 0.318 e. The van der Waals surface area contributed by atoms with Crippen molar-refractivity contribution in [3.05, 3.63) is 81.5 Å². The van der Waals surface area contributed by atoms with E-state index < -0.39 is 22.6 Å². The average Bonchev–Trinajstić information content (AvgIpc) is 2.84. The fourth-order valence-electron chi connectivity index (χ4n) is 3.26. The van der Waals surface area contributed by atoms with Crippen LogP contribution in [0.1, 0.15) is 35.0 Å². The first-order valence-corrected chi connectivity index (χ1v) is 14.9. The van der Waals surface area contributed by atoms with E-state index in [2.05, 4.69) is 4.98 Å². The molecule has 1 aliphatic carbocycles. The number of nitro benzene ring substituents is 1. The number of nitriles is 1. The molecule has 8 nitrogen and oxygen atoms in total. The Balaban J connectivity index is 1.62. The van der Waals surface area contributed by atoms with Crippen LogP contribution in [-0.2, 0) is 9.09 Å². The second-order valence-corrected chi connectivity index (χ2v) is 14.6. The number of aromatic nitrogens is 1. The highest BCUT2D eigenvalue weighted by Gasteiger charge is 2.35. The van der Waals surface area contributed by atoms with Crippen molar-refractivity contribution in [1.82, 2.24) is 4.98 Å². The molecule has 4 rings (SSSR count). The zero-order chi connectivity index (χ0) is 24.3. The lowest BCUT2D eigenvalue weighted by atomic mass is 9.97. The van der Waals surface area contributed by atoms with E-state index in [9.17, 15) is 19.5 Å². The van der Waals surface area contributed by atoms with E-state index in [0.717, 1.165) is 17.8 Å². The van der Waals surface area contributed by atoms with Crippen LogP contribution >= 0.6 is 28.5 Å². The van der Waals surface area contributed by atoms with E-state index in [4.69, 9.17) is 9.79 Å². The first-order chi connectivity index (χ1) is 16.3. The molecule has 0 bridgehead atoms. The lowest BCUT2D eigenvalue weighted by Gasteiger charge is -2.24. The third-order valence-electron chi connectivity index (χ3n) is 4.89. The summed E-state index contributed by atoms with van der Waals surface area (Å²) in [6.07, 6.45) is 2.88. The number of benzene rings is 2. The largest absolute Gasteiger partial charge is 0.318 e. The summed E-state index contributed by atoms with van der Waals surface area (Å²) in [4.78, 5) is 29.0. The molecule has 1 aliphatic rings. The molecule has 172 valence electrons. The van der Waals surface area contributed by atoms with Crippen LogP contribution in [0.3, 0.4) is 0 Å². The van der Waals surface area contributed by atoms with Crippen LogP contribution in [0, 0.1) is 21.4 Å². The Labute approximate surface area is 203 Å². The summed E-state index contributed by atoms with van der Waals surface area (Å²) in [5, 5.41) is 20.6. The van der Waals surface area contributed by atoms with Gasteiger partial charge >= 0.3 is 5.77 Å². The van der Waals surface area contributed by atoms with Gasteiger partial charge in [-0.15, -0.1) is 0 Å². The van der Waals surface area contributed by atoms with Gasteiger partial charge in [0.25, 0.3) is 5.69 Å². The van der Waals surface area contributed by atoms with Crippen LogP contribution < -0.4 is 0 Å². The summed E-state index contributed by atoms with van der Waals surface area (Å²) in [6, 6.07) is 14.5. The molecule has 0 saturated carbocycles. The topological polar surface area (TPSA) is 123 Å². The second kappa shape index (κ2) is 10.1. The smallest absolute Gasteiger partial charge is 0.297 e. The maximum atomic E-state index is 13.7. The van der Waals surface area contributed by atoms with Crippen molar-refractivity contribution >= 4 is 57.0 Å². The summed E-state index contributed by atoms with van der Waals surface area (Å²) < 4.78 is 19.6. The first-order valence-electron chi connectivity index (χ1n) is 10.3. The van der Waals surface area contributed by atoms with E-state index in [1.54, 1.807) is 42.5 Å². The summed E-state index contributed by atoms with van der Waals surface area (Å²) in [7, 11) is 0. The Morgan fingerprint density at radius 3 is 2.68 bits per heavy atom. The Morgan fingerprint density at radius 2 is 2.00 bits per heavy atom. The predicted octanol–water partition coefficient (Wildman–Crippen LogP) is 6.65. The Bertz CT molecular complexity index is 1400. The van der Waals surface area contributed by atoms with Gasteiger partial charge in [0.2, 0.25) is 0 Å². The molecule has 2 aromatic carbocycles. The molecule has 0 saturated heterocycles. The number of nitro groups is 1. The van der Waals surface area contributed by atoms with Gasteiger partial charge < -0.3 is 0 Å². The minimum atomic E-state index is -3.40. The highest BCUT2D eigenvalue weighted by atomic mass is 33.1. The van der Waals surface area contributed by atoms with Crippen molar-refractivity contribution in [3.8, 4) is 6.07 Å². The van der Waals surface area contributed by atoms with Crippen LogP contribution in [-0.4, -0.2) is 27.5 Å². The molecule has 0 N–H and O–H groups in total. The molecular weight excluding hydrogens is 493 g/mol. The minimum absolute atomic E-state index is 0.0971. The number of fused-ring (bicyclic) bond motifs is 2. The number of hydrogen-bond acceptors (Lipinski definition) is 9. The van der Waals surface area contributed by atoms with Crippen molar-refractivity contribution in [2.24, 2.45) is 0 Å². The second-order valence-electron chi connectivity index (χ2n) is 7.31. The number of pyridine rings is 1. The maximum absolute atomic E-state index is 13.7. The predicted molar refractivity (Wildman–Crippen MR) is 134 cm³/mol. The van der Waals surface area contributed by atoms with Gasteiger partial charge in [0.1, 0.15) is 6.10 Å². The van der Waals surface area contributed by atoms with Gasteiger partial charge in [-0.05, 0) is 66.4 Å². The van der Waals surface area contributed by atoms with Crippen molar-refractivity contribution < 1.29 is 18.8 Å². The summed E-state index contributed by atoms with van der Waals surface area (Å²) in [5.74, 6) is -3.22. The molecule has 2 unspecified atom stereocenters. The monoisotopic (exact) mass is 511 g/mol. The highest BCUT2D eigenvalue weighted by Crippen LogP contribution is 2.73. The number of hydrogen-bond donors (Lipinski definition) is 0. The normalized spacial score (nSPS) is 16.6. The van der Waals surface area contributed by atoms with Gasteiger partial charge in [0.15, 0.2) is 5.78 Å². The Morgan fingerprint density at radius 1 is 1.24 bits per heavy atom. The number of non-ortho nitro benzene ring substituents is 1. The van der Waals surface area contributed by atoms with Crippen LogP contribution in [0.4, 0.5) is 5.69 Å². The van der Waals surface area contributed by atoms with Crippen LogP contribution in [0.15, 0.2) is 59.5 Å². The van der Waals surface area contributed by atoms with Crippen molar-refractivity contribution in [2.45, 2.75) is 24.3 Å². The molecule has 0 radical (unpaired) electrons. The van der Waals surface area contributed by atoms with Gasteiger partial charge in [-0.1, -0.05) is 18.3 Å². The molecule has 1 heterocycles. The molecule has 34 heavy (non-hydrogen) atoms. The molecular formula is C23H18N3O5PS2. The number of carbonyl (C=O) groups excluding carboxylic acids is 1. The van der Waals surface area contributed by atoms with Crippen molar-refractivity contribution in [1.29, 1.82) is 5.26 Å². The van der Waals surface area contributed by atoms with Gasteiger partial charge in [0.05, 0.1) is 27.8 Å². The number of carbonyl (C=O) groups is 1. The van der Waals surface area contributed by atoms with Crippen LogP contribution in [0.25, 0.3) is 17.0 Å². The lowest BCUT2D eigenvalue weighted by Crippen LogP contribution is -2.24. The number of rotatable bonds is 8. The van der Waals surface area contributed by atoms with E-state index in [-0.39, 0.29) is 11.3 Å². The fourth-order valence-corrected chi connectivity index (χ4v) is 10.1. The molecule has 3 aromatic rings. The zero-order valence-electron chi connectivity index (χ0n) is 17.9. The number of nitrogens with zero attached hydrogens (tertiary/aromatic N) is 3. The van der Waals surface area contributed by atoms with Gasteiger partial charge in [0, 0.05) is 33.7 Å². The molecule has 0 amide bonds. The summed E-state index contributed by atoms with van der Waals surface area (Å²) in [6.45, 7) is 1.96. The first kappa shape index (κ1) is 24.2. The minimum Gasteiger partial charge on any atom is -0.297 e. The molecule has 2 atom stereocenters. The van der Waals surface area contributed by atoms with Crippen molar-refractivity contribution in [2.75, 3.05) is 5.75 Å². The zero-order valence-corrected chi connectivity index (χ0v) is 20.4. The molecule has 0 spiro atoms. The van der Waals surface area contributed by atoms with E-state index in [1.165, 1.54) is 29.6 Å². The average molecular weight is 512 g/mol. The van der Waals surface area contributed by atoms with E-state index >= 15 is 0 Å². The van der Waals surface area contributed by atoms with Gasteiger partial charge in [-0.3, -0.25) is 24.0 Å². The lowest BCUT2D eigenvalue weighted by molar-refractivity contribution is -0.384. The molecule has 0 fully saturated rings. The third kappa shape index (κ3) is 5.24. The number of Topliss-reactive ketones (excluding diaryl/α,β-unsaturated/α-hetero) is 1.